The minimum atomic E-state index is 0.334. The second-order valence-corrected chi connectivity index (χ2v) is 6.03. The highest BCUT2D eigenvalue weighted by Crippen LogP contribution is 2.32. The first-order valence-electron chi connectivity index (χ1n) is 7.18. The second kappa shape index (κ2) is 5.69. The Morgan fingerprint density at radius 1 is 1.11 bits per heavy atom. The Morgan fingerprint density at radius 3 is 2.33 bits per heavy atom. The average molecular weight is 244 g/mol. The molecule has 98 valence electrons. The Morgan fingerprint density at radius 2 is 1.72 bits per heavy atom. The van der Waals surface area contributed by atoms with Crippen LogP contribution in [0.1, 0.15) is 60.5 Å². The maximum absolute atomic E-state index is 12.4. The number of Topliss-reactive ketones (excluding diaryl/α,β-unsaturated/α-hetero) is 1. The zero-order chi connectivity index (χ0) is 13.1. The van der Waals surface area contributed by atoms with Gasteiger partial charge in [0.2, 0.25) is 0 Å². The first kappa shape index (κ1) is 13.3. The Kier molecular flexibility index (Phi) is 4.21. The minimum Gasteiger partial charge on any atom is -0.294 e. The first-order valence-corrected chi connectivity index (χ1v) is 7.18. The second-order valence-electron chi connectivity index (χ2n) is 6.03. The first-order chi connectivity index (χ1) is 8.56. The zero-order valence-corrected chi connectivity index (χ0v) is 11.8. The number of ketones is 1. The number of hydrogen-bond donors (Lipinski definition) is 0. The van der Waals surface area contributed by atoms with Crippen molar-refractivity contribution in [2.24, 2.45) is 11.8 Å². The minimum absolute atomic E-state index is 0.334. The largest absolute Gasteiger partial charge is 0.294 e. The predicted molar refractivity (Wildman–Crippen MR) is 76.0 cm³/mol. The lowest BCUT2D eigenvalue weighted by Crippen LogP contribution is -2.20. The molecule has 1 aliphatic rings. The SMILES string of the molecule is Cc1cc(C)cc(C(=O)CC2CCCCC2C)c1. The molecule has 0 N–H and O–H groups in total. The number of benzene rings is 1. The van der Waals surface area contributed by atoms with E-state index in [4.69, 9.17) is 0 Å². The van der Waals surface area contributed by atoms with Gasteiger partial charge in [-0.1, -0.05) is 43.4 Å². The van der Waals surface area contributed by atoms with Gasteiger partial charge in [0.1, 0.15) is 0 Å². The predicted octanol–water partition coefficient (Wildman–Crippen LogP) is 4.70. The van der Waals surface area contributed by atoms with Crippen LogP contribution in [0.2, 0.25) is 0 Å². The molecule has 1 fully saturated rings. The van der Waals surface area contributed by atoms with Crippen molar-refractivity contribution in [3.05, 3.63) is 34.9 Å². The molecule has 1 aliphatic carbocycles. The molecule has 2 unspecified atom stereocenters. The molecule has 0 aliphatic heterocycles. The van der Waals surface area contributed by atoms with Crippen molar-refractivity contribution in [3.63, 3.8) is 0 Å². The summed E-state index contributed by atoms with van der Waals surface area (Å²) in [5.41, 5.74) is 3.29. The number of hydrogen-bond acceptors (Lipinski definition) is 1. The standard InChI is InChI=1S/C17H24O/c1-12-8-13(2)10-16(9-12)17(18)11-15-7-5-4-6-14(15)3/h8-10,14-15H,4-7,11H2,1-3H3. The van der Waals surface area contributed by atoms with Crippen LogP contribution < -0.4 is 0 Å². The fourth-order valence-electron chi connectivity index (χ4n) is 3.19. The van der Waals surface area contributed by atoms with E-state index < -0.39 is 0 Å². The van der Waals surface area contributed by atoms with Crippen molar-refractivity contribution in [1.82, 2.24) is 0 Å². The van der Waals surface area contributed by atoms with E-state index in [0.717, 1.165) is 12.0 Å². The third-order valence-electron chi connectivity index (χ3n) is 4.28. The summed E-state index contributed by atoms with van der Waals surface area (Å²) in [6.07, 6.45) is 5.91. The maximum atomic E-state index is 12.4. The van der Waals surface area contributed by atoms with Gasteiger partial charge in [0.25, 0.3) is 0 Å². The molecule has 1 aromatic rings. The molecule has 0 bridgehead atoms. The van der Waals surface area contributed by atoms with E-state index in [0.29, 0.717) is 17.6 Å². The summed E-state index contributed by atoms with van der Waals surface area (Å²) in [5.74, 6) is 1.65. The van der Waals surface area contributed by atoms with Crippen LogP contribution in [-0.4, -0.2) is 5.78 Å². The number of rotatable bonds is 3. The summed E-state index contributed by atoms with van der Waals surface area (Å²) >= 11 is 0. The van der Waals surface area contributed by atoms with Crippen molar-refractivity contribution >= 4 is 5.78 Å². The van der Waals surface area contributed by atoms with Gasteiger partial charge in [-0.2, -0.15) is 0 Å². The number of carbonyl (C=O) groups excluding carboxylic acids is 1. The average Bonchev–Trinajstić information content (AvgIpc) is 2.31. The summed E-state index contributed by atoms with van der Waals surface area (Å²) in [4.78, 5) is 12.4. The summed E-state index contributed by atoms with van der Waals surface area (Å²) in [6.45, 7) is 6.43. The van der Waals surface area contributed by atoms with Crippen molar-refractivity contribution in [2.75, 3.05) is 0 Å². The summed E-state index contributed by atoms with van der Waals surface area (Å²) in [7, 11) is 0. The molecule has 1 heteroatoms. The lowest BCUT2D eigenvalue weighted by atomic mass is 9.77. The number of aryl methyl sites for hydroxylation is 2. The molecule has 0 heterocycles. The fourth-order valence-corrected chi connectivity index (χ4v) is 3.19. The molecule has 0 radical (unpaired) electrons. The zero-order valence-electron chi connectivity index (χ0n) is 11.8. The van der Waals surface area contributed by atoms with Gasteiger partial charge in [0, 0.05) is 12.0 Å². The lowest BCUT2D eigenvalue weighted by Gasteiger charge is -2.28. The molecular formula is C17H24O. The van der Waals surface area contributed by atoms with Crippen LogP contribution in [0.15, 0.2) is 18.2 Å². The van der Waals surface area contributed by atoms with Gasteiger partial charge in [-0.05, 0) is 44.2 Å². The number of carbonyl (C=O) groups is 1. The molecular weight excluding hydrogens is 220 g/mol. The van der Waals surface area contributed by atoms with Crippen molar-refractivity contribution in [3.8, 4) is 0 Å². The normalized spacial score (nSPS) is 23.9. The highest BCUT2D eigenvalue weighted by atomic mass is 16.1. The van der Waals surface area contributed by atoms with Crippen molar-refractivity contribution in [1.29, 1.82) is 0 Å². The molecule has 2 atom stereocenters. The van der Waals surface area contributed by atoms with Gasteiger partial charge in [0.15, 0.2) is 5.78 Å². The van der Waals surface area contributed by atoms with Gasteiger partial charge < -0.3 is 0 Å². The van der Waals surface area contributed by atoms with E-state index >= 15 is 0 Å². The van der Waals surface area contributed by atoms with Gasteiger partial charge in [0.05, 0.1) is 0 Å². The molecule has 18 heavy (non-hydrogen) atoms. The van der Waals surface area contributed by atoms with Crippen molar-refractivity contribution in [2.45, 2.75) is 52.9 Å². The highest BCUT2D eigenvalue weighted by Gasteiger charge is 2.24. The van der Waals surface area contributed by atoms with Crippen molar-refractivity contribution < 1.29 is 4.79 Å². The van der Waals surface area contributed by atoms with Crippen LogP contribution in [0.3, 0.4) is 0 Å². The van der Waals surface area contributed by atoms with Gasteiger partial charge >= 0.3 is 0 Å². The third kappa shape index (κ3) is 3.22. The topological polar surface area (TPSA) is 17.1 Å². The summed E-state index contributed by atoms with van der Waals surface area (Å²) in [5, 5.41) is 0. The van der Waals surface area contributed by atoms with Gasteiger partial charge in [-0.25, -0.2) is 0 Å². The summed E-state index contributed by atoms with van der Waals surface area (Å²) < 4.78 is 0. The van der Waals surface area contributed by atoms with E-state index in [1.807, 2.05) is 12.1 Å². The quantitative estimate of drug-likeness (QED) is 0.704. The third-order valence-corrected chi connectivity index (χ3v) is 4.28. The Balaban J connectivity index is 2.06. The van der Waals surface area contributed by atoms with E-state index in [9.17, 15) is 4.79 Å². The lowest BCUT2D eigenvalue weighted by molar-refractivity contribution is 0.0927. The molecule has 1 aromatic carbocycles. The van der Waals surface area contributed by atoms with Crippen LogP contribution in [0, 0.1) is 25.7 Å². The van der Waals surface area contributed by atoms with Crippen LogP contribution in [-0.2, 0) is 0 Å². The fraction of sp³-hybridized carbons (Fsp3) is 0.588. The Bertz CT molecular complexity index is 413. The maximum Gasteiger partial charge on any atom is 0.163 e. The smallest absolute Gasteiger partial charge is 0.163 e. The molecule has 0 saturated heterocycles. The molecule has 0 spiro atoms. The van der Waals surface area contributed by atoms with E-state index in [1.165, 1.54) is 36.8 Å². The van der Waals surface area contributed by atoms with Crippen LogP contribution in [0.25, 0.3) is 0 Å². The molecule has 0 aromatic heterocycles. The van der Waals surface area contributed by atoms with Crippen LogP contribution in [0.5, 0.6) is 0 Å². The molecule has 1 saturated carbocycles. The van der Waals surface area contributed by atoms with Gasteiger partial charge in [-0.3, -0.25) is 4.79 Å². The van der Waals surface area contributed by atoms with Gasteiger partial charge in [-0.15, -0.1) is 0 Å². The van der Waals surface area contributed by atoms with Crippen LogP contribution in [0.4, 0.5) is 0 Å². The monoisotopic (exact) mass is 244 g/mol. The Labute approximate surface area is 111 Å². The van der Waals surface area contributed by atoms with E-state index in [-0.39, 0.29) is 0 Å². The molecule has 1 nitrogen and oxygen atoms in total. The van der Waals surface area contributed by atoms with E-state index in [2.05, 4.69) is 26.8 Å². The highest BCUT2D eigenvalue weighted by molar-refractivity contribution is 5.96. The molecule has 0 amide bonds. The summed E-state index contributed by atoms with van der Waals surface area (Å²) in [6, 6.07) is 6.19. The van der Waals surface area contributed by atoms with Crippen LogP contribution >= 0.6 is 0 Å². The Hall–Kier alpha value is -1.11. The van der Waals surface area contributed by atoms with E-state index in [1.54, 1.807) is 0 Å². The molecule has 2 rings (SSSR count).